The van der Waals surface area contributed by atoms with Gasteiger partial charge in [0.05, 0.1) is 16.7 Å². The highest BCUT2D eigenvalue weighted by Gasteiger charge is 2.19. The molecule has 3 aromatic rings. The van der Waals surface area contributed by atoms with E-state index in [1.54, 1.807) is 48.8 Å². The summed E-state index contributed by atoms with van der Waals surface area (Å²) in [6, 6.07) is 15.9. The van der Waals surface area contributed by atoms with Crippen LogP contribution in [0.4, 0.5) is 0 Å². The molecule has 0 unspecified atom stereocenters. The molecule has 0 bridgehead atoms. The van der Waals surface area contributed by atoms with Crippen LogP contribution >= 0.6 is 0 Å². The third-order valence-corrected chi connectivity index (χ3v) is 5.32. The predicted molar refractivity (Wildman–Crippen MR) is 108 cm³/mol. The Morgan fingerprint density at radius 2 is 1.79 bits per heavy atom. The first-order valence-corrected chi connectivity index (χ1v) is 10.0. The van der Waals surface area contributed by atoms with E-state index in [0.717, 1.165) is 17.7 Å². The number of pyridine rings is 1. The van der Waals surface area contributed by atoms with Crippen LogP contribution in [0.25, 0.3) is 0 Å². The standard InChI is InChI=1S/C20H18N4O4S/c25-19-7-6-17(29(27,28)23-14-15-4-2-1-3-5-15)12-18(19)20(26)24-22-13-16-8-10-21-11-9-16/h1-13,23,25H,14H2,(H,24,26)/b22-13-. The Hall–Kier alpha value is -3.56. The number of rotatable bonds is 7. The number of amides is 1. The predicted octanol–water partition coefficient (Wildman–Crippen LogP) is 2.03. The van der Waals surface area contributed by atoms with E-state index in [0.29, 0.717) is 5.56 Å². The number of benzene rings is 2. The van der Waals surface area contributed by atoms with Crippen LogP contribution in [0, 0.1) is 0 Å². The SMILES string of the molecule is O=C(N/N=C\c1ccncc1)c1cc(S(=O)(=O)NCc2ccccc2)ccc1O. The average Bonchev–Trinajstić information content (AvgIpc) is 2.74. The lowest BCUT2D eigenvalue weighted by molar-refractivity contribution is 0.0952. The van der Waals surface area contributed by atoms with Crippen molar-refractivity contribution in [3.63, 3.8) is 0 Å². The minimum Gasteiger partial charge on any atom is -0.507 e. The first kappa shape index (κ1) is 20.2. The van der Waals surface area contributed by atoms with Gasteiger partial charge in [0.25, 0.3) is 5.91 Å². The second-order valence-electron chi connectivity index (χ2n) is 5.97. The van der Waals surface area contributed by atoms with Crippen LogP contribution in [0.1, 0.15) is 21.5 Å². The highest BCUT2D eigenvalue weighted by molar-refractivity contribution is 7.89. The molecule has 0 saturated heterocycles. The van der Waals surface area contributed by atoms with Crippen LogP contribution < -0.4 is 10.1 Å². The number of phenolic OH excluding ortho intramolecular Hbond substituents is 1. The van der Waals surface area contributed by atoms with Crippen LogP contribution in [0.2, 0.25) is 0 Å². The maximum absolute atomic E-state index is 12.5. The zero-order chi connectivity index (χ0) is 20.7. The Morgan fingerprint density at radius 3 is 2.52 bits per heavy atom. The van der Waals surface area contributed by atoms with Gasteiger partial charge in [0.1, 0.15) is 5.75 Å². The number of phenols is 1. The number of aromatic nitrogens is 1. The second kappa shape index (κ2) is 9.09. The van der Waals surface area contributed by atoms with Gasteiger partial charge in [-0.25, -0.2) is 18.6 Å². The summed E-state index contributed by atoms with van der Waals surface area (Å²) in [6.45, 7) is 0.0990. The Labute approximate surface area is 168 Å². The van der Waals surface area contributed by atoms with Gasteiger partial charge >= 0.3 is 0 Å². The lowest BCUT2D eigenvalue weighted by Crippen LogP contribution is -2.24. The van der Waals surface area contributed by atoms with Crippen LogP contribution in [-0.2, 0) is 16.6 Å². The monoisotopic (exact) mass is 410 g/mol. The highest BCUT2D eigenvalue weighted by atomic mass is 32.2. The van der Waals surface area contributed by atoms with Crippen LogP contribution in [0.15, 0.2) is 83.1 Å². The molecule has 0 radical (unpaired) electrons. The molecular formula is C20H18N4O4S. The van der Waals surface area contributed by atoms with Gasteiger partial charge in [0.2, 0.25) is 10.0 Å². The molecule has 0 fully saturated rings. The Balaban J connectivity index is 1.73. The largest absolute Gasteiger partial charge is 0.507 e. The average molecular weight is 410 g/mol. The van der Waals surface area contributed by atoms with Crippen molar-refractivity contribution in [2.24, 2.45) is 5.10 Å². The minimum absolute atomic E-state index is 0.0990. The van der Waals surface area contributed by atoms with E-state index in [4.69, 9.17) is 0 Å². The Bertz CT molecular complexity index is 1120. The van der Waals surface area contributed by atoms with Crippen molar-refractivity contribution in [1.82, 2.24) is 15.1 Å². The molecule has 3 N–H and O–H groups in total. The summed E-state index contributed by atoms with van der Waals surface area (Å²) >= 11 is 0. The summed E-state index contributed by atoms with van der Waals surface area (Å²) in [4.78, 5) is 16.0. The molecule has 1 amide bonds. The van der Waals surface area contributed by atoms with Gasteiger partial charge in [0, 0.05) is 18.9 Å². The lowest BCUT2D eigenvalue weighted by atomic mass is 10.2. The molecule has 2 aromatic carbocycles. The molecule has 1 heterocycles. The summed E-state index contributed by atoms with van der Waals surface area (Å²) in [7, 11) is -3.88. The van der Waals surface area contributed by atoms with Gasteiger partial charge in [-0.05, 0) is 41.5 Å². The quantitative estimate of drug-likeness (QED) is 0.407. The van der Waals surface area contributed by atoms with E-state index in [-0.39, 0.29) is 22.8 Å². The van der Waals surface area contributed by atoms with Gasteiger partial charge in [0.15, 0.2) is 0 Å². The molecular weight excluding hydrogens is 392 g/mol. The lowest BCUT2D eigenvalue weighted by Gasteiger charge is -2.09. The van der Waals surface area contributed by atoms with E-state index >= 15 is 0 Å². The summed E-state index contributed by atoms with van der Waals surface area (Å²) in [5, 5.41) is 13.8. The van der Waals surface area contributed by atoms with Crippen molar-refractivity contribution in [1.29, 1.82) is 0 Å². The molecule has 0 aliphatic rings. The number of hydrogen-bond acceptors (Lipinski definition) is 6. The van der Waals surface area contributed by atoms with Gasteiger partial charge in [-0.1, -0.05) is 30.3 Å². The molecule has 148 valence electrons. The van der Waals surface area contributed by atoms with Crippen molar-refractivity contribution in [2.45, 2.75) is 11.4 Å². The van der Waals surface area contributed by atoms with E-state index < -0.39 is 15.9 Å². The number of nitrogens with one attached hydrogen (secondary N) is 2. The molecule has 0 aliphatic carbocycles. The van der Waals surface area contributed by atoms with Gasteiger partial charge < -0.3 is 5.11 Å². The normalized spacial score (nSPS) is 11.4. The molecule has 0 atom stereocenters. The van der Waals surface area contributed by atoms with Crippen molar-refractivity contribution in [2.75, 3.05) is 0 Å². The third-order valence-electron chi connectivity index (χ3n) is 3.92. The number of hydrazone groups is 1. The van der Waals surface area contributed by atoms with E-state index in [9.17, 15) is 18.3 Å². The topological polar surface area (TPSA) is 121 Å². The van der Waals surface area contributed by atoms with E-state index in [1.807, 2.05) is 6.07 Å². The fraction of sp³-hybridized carbons (Fsp3) is 0.0500. The van der Waals surface area contributed by atoms with Crippen molar-refractivity contribution < 1.29 is 18.3 Å². The molecule has 0 aliphatic heterocycles. The number of nitrogens with zero attached hydrogens (tertiary/aromatic N) is 2. The van der Waals surface area contributed by atoms with Gasteiger partial charge in [-0.3, -0.25) is 9.78 Å². The summed E-state index contributed by atoms with van der Waals surface area (Å²) < 4.78 is 27.5. The molecule has 1 aromatic heterocycles. The number of aromatic hydroxyl groups is 1. The van der Waals surface area contributed by atoms with Crippen LogP contribution in [0.3, 0.4) is 0 Å². The minimum atomic E-state index is -3.88. The first-order chi connectivity index (χ1) is 14.0. The molecule has 29 heavy (non-hydrogen) atoms. The molecule has 8 nitrogen and oxygen atoms in total. The zero-order valence-electron chi connectivity index (χ0n) is 15.2. The number of carbonyl (C=O) groups excluding carboxylic acids is 1. The molecule has 9 heteroatoms. The number of sulfonamides is 1. The summed E-state index contributed by atoms with van der Waals surface area (Å²) in [5.74, 6) is -1.10. The third kappa shape index (κ3) is 5.47. The van der Waals surface area contributed by atoms with Crippen LogP contribution in [0.5, 0.6) is 5.75 Å². The van der Waals surface area contributed by atoms with E-state index in [1.165, 1.54) is 12.3 Å². The number of hydrogen-bond donors (Lipinski definition) is 3. The first-order valence-electron chi connectivity index (χ1n) is 8.56. The maximum Gasteiger partial charge on any atom is 0.275 e. The number of carbonyl (C=O) groups is 1. The maximum atomic E-state index is 12.5. The van der Waals surface area contributed by atoms with Crippen molar-refractivity contribution >= 4 is 22.1 Å². The van der Waals surface area contributed by atoms with E-state index in [2.05, 4.69) is 20.2 Å². The Kier molecular flexibility index (Phi) is 6.32. The Morgan fingerprint density at radius 1 is 1.07 bits per heavy atom. The van der Waals surface area contributed by atoms with Gasteiger partial charge in [-0.15, -0.1) is 0 Å². The van der Waals surface area contributed by atoms with Crippen LogP contribution in [-0.4, -0.2) is 30.6 Å². The molecule has 0 saturated carbocycles. The smallest absolute Gasteiger partial charge is 0.275 e. The fourth-order valence-corrected chi connectivity index (χ4v) is 3.44. The molecule has 0 spiro atoms. The highest BCUT2D eigenvalue weighted by Crippen LogP contribution is 2.21. The summed E-state index contributed by atoms with van der Waals surface area (Å²) in [6.07, 6.45) is 4.55. The summed E-state index contributed by atoms with van der Waals surface area (Å²) in [5.41, 5.74) is 3.55. The second-order valence-corrected chi connectivity index (χ2v) is 7.74. The van der Waals surface area contributed by atoms with Crippen molar-refractivity contribution in [3.8, 4) is 5.75 Å². The fourth-order valence-electron chi connectivity index (χ4n) is 2.40. The zero-order valence-corrected chi connectivity index (χ0v) is 16.0. The van der Waals surface area contributed by atoms with Crippen molar-refractivity contribution in [3.05, 3.63) is 89.7 Å². The molecule has 3 rings (SSSR count). The van der Waals surface area contributed by atoms with Gasteiger partial charge in [-0.2, -0.15) is 5.10 Å².